The van der Waals surface area contributed by atoms with Crippen LogP contribution in [0, 0.1) is 0 Å². The van der Waals surface area contributed by atoms with E-state index in [0.717, 1.165) is 10.9 Å². The first-order chi connectivity index (χ1) is 9.06. The summed E-state index contributed by atoms with van der Waals surface area (Å²) in [6.07, 6.45) is 1.32. The van der Waals surface area contributed by atoms with Crippen molar-refractivity contribution in [2.24, 2.45) is 7.05 Å². The summed E-state index contributed by atoms with van der Waals surface area (Å²) in [5.74, 6) is -0.867. The number of nitrogens with zero attached hydrogens (tertiary/aromatic N) is 2. The molecule has 0 aliphatic carbocycles. The van der Waals surface area contributed by atoms with Gasteiger partial charge in [0.15, 0.2) is 0 Å². The van der Waals surface area contributed by atoms with Gasteiger partial charge in [0.05, 0.1) is 17.6 Å². The number of nitrogens with one attached hydrogen (secondary N) is 1. The van der Waals surface area contributed by atoms with E-state index in [2.05, 4.69) is 10.1 Å². The number of benzene rings is 1. The van der Waals surface area contributed by atoms with Gasteiger partial charge < -0.3 is 15.2 Å². The van der Waals surface area contributed by atoms with Crippen molar-refractivity contribution in [3.05, 3.63) is 36.0 Å². The van der Waals surface area contributed by atoms with Gasteiger partial charge in [0.2, 0.25) is 0 Å². The second kappa shape index (κ2) is 3.88. The molecule has 0 aliphatic rings. The SMILES string of the molecule is Cn1ncc(C(=O)O)c1-c1cc2ccc(O)cc2[nH]1. The molecule has 0 saturated carbocycles. The molecule has 0 spiro atoms. The van der Waals surface area contributed by atoms with Crippen molar-refractivity contribution in [1.29, 1.82) is 0 Å². The number of hydrogen-bond donors (Lipinski definition) is 3. The number of phenols is 1. The molecule has 0 atom stereocenters. The number of aryl methyl sites for hydroxylation is 1. The fourth-order valence-electron chi connectivity index (χ4n) is 2.16. The van der Waals surface area contributed by atoms with Gasteiger partial charge in [-0.2, -0.15) is 5.10 Å². The standard InChI is InChI=1S/C13H11N3O3/c1-16-12(9(6-14-16)13(18)19)11-4-7-2-3-8(17)5-10(7)15-11/h2-6,15,17H,1H3,(H,18,19). The molecule has 0 aliphatic heterocycles. The molecule has 6 nitrogen and oxygen atoms in total. The molecule has 2 heterocycles. The Hall–Kier alpha value is -2.76. The fraction of sp³-hybridized carbons (Fsp3) is 0.0769. The second-order valence-electron chi connectivity index (χ2n) is 4.29. The van der Waals surface area contributed by atoms with Crippen LogP contribution in [0.15, 0.2) is 30.5 Å². The highest BCUT2D eigenvalue weighted by Crippen LogP contribution is 2.28. The third-order valence-electron chi connectivity index (χ3n) is 3.03. The van der Waals surface area contributed by atoms with Crippen molar-refractivity contribution >= 4 is 16.9 Å². The molecule has 3 N–H and O–H groups in total. The van der Waals surface area contributed by atoms with E-state index in [1.54, 1.807) is 25.2 Å². The number of phenolic OH excluding ortho intramolecular Hbond substituents is 1. The number of carbonyl (C=O) groups is 1. The van der Waals surface area contributed by atoms with Crippen LogP contribution in [0.2, 0.25) is 0 Å². The lowest BCUT2D eigenvalue weighted by atomic mass is 10.2. The molecular weight excluding hydrogens is 246 g/mol. The number of hydrogen-bond acceptors (Lipinski definition) is 3. The molecule has 3 aromatic rings. The van der Waals surface area contributed by atoms with Crippen LogP contribution >= 0.6 is 0 Å². The fourth-order valence-corrected chi connectivity index (χ4v) is 2.16. The predicted molar refractivity (Wildman–Crippen MR) is 69.1 cm³/mol. The Morgan fingerprint density at radius 3 is 2.89 bits per heavy atom. The molecule has 0 fully saturated rings. The first kappa shape index (κ1) is 11.3. The number of aromatic hydroxyl groups is 1. The Morgan fingerprint density at radius 1 is 1.37 bits per heavy atom. The van der Waals surface area contributed by atoms with E-state index in [1.165, 1.54) is 10.9 Å². The van der Waals surface area contributed by atoms with Crippen LogP contribution in [0.5, 0.6) is 5.75 Å². The number of carboxylic acid groups (broad SMARTS) is 1. The second-order valence-corrected chi connectivity index (χ2v) is 4.29. The lowest BCUT2D eigenvalue weighted by Gasteiger charge is -2.00. The third kappa shape index (κ3) is 1.74. The van der Waals surface area contributed by atoms with E-state index in [0.29, 0.717) is 11.4 Å². The predicted octanol–water partition coefficient (Wildman–Crippen LogP) is 1.97. The largest absolute Gasteiger partial charge is 0.508 e. The number of carboxylic acids is 1. The molecule has 96 valence electrons. The van der Waals surface area contributed by atoms with Gasteiger partial charge in [-0.1, -0.05) is 0 Å². The quantitative estimate of drug-likeness (QED) is 0.654. The van der Waals surface area contributed by atoms with Crippen molar-refractivity contribution in [1.82, 2.24) is 14.8 Å². The summed E-state index contributed by atoms with van der Waals surface area (Å²) in [7, 11) is 1.69. The first-order valence-electron chi connectivity index (χ1n) is 5.63. The van der Waals surface area contributed by atoms with Crippen LogP contribution in [-0.2, 0) is 7.05 Å². The summed E-state index contributed by atoms with van der Waals surface area (Å²) in [6.45, 7) is 0. The molecule has 0 radical (unpaired) electrons. The number of rotatable bonds is 2. The molecule has 19 heavy (non-hydrogen) atoms. The topological polar surface area (TPSA) is 91.1 Å². The van der Waals surface area contributed by atoms with E-state index in [-0.39, 0.29) is 11.3 Å². The van der Waals surface area contributed by atoms with Crippen LogP contribution in [0.3, 0.4) is 0 Å². The Bertz CT molecular complexity index is 786. The Balaban J connectivity index is 2.24. The molecule has 0 saturated heterocycles. The summed E-state index contributed by atoms with van der Waals surface area (Å²) in [5, 5.41) is 23.5. The summed E-state index contributed by atoms with van der Waals surface area (Å²) in [4.78, 5) is 14.3. The molecule has 0 bridgehead atoms. The van der Waals surface area contributed by atoms with Crippen molar-refractivity contribution in [2.45, 2.75) is 0 Å². The smallest absolute Gasteiger partial charge is 0.339 e. The molecule has 0 unspecified atom stereocenters. The summed E-state index contributed by atoms with van der Waals surface area (Å²) in [5.41, 5.74) is 2.03. The minimum Gasteiger partial charge on any atom is -0.508 e. The number of fused-ring (bicyclic) bond motifs is 1. The maximum atomic E-state index is 11.2. The highest BCUT2D eigenvalue weighted by molar-refractivity contribution is 5.96. The average Bonchev–Trinajstić information content (AvgIpc) is 2.91. The molecular formula is C13H11N3O3. The van der Waals surface area contributed by atoms with Crippen LogP contribution in [0.1, 0.15) is 10.4 Å². The molecule has 2 aromatic heterocycles. The zero-order valence-corrected chi connectivity index (χ0v) is 10.1. The number of aromatic nitrogens is 3. The Labute approximate surface area is 107 Å². The highest BCUT2D eigenvalue weighted by Gasteiger charge is 2.18. The minimum absolute atomic E-state index is 0.137. The monoisotopic (exact) mass is 257 g/mol. The Kier molecular flexibility index (Phi) is 2.31. The van der Waals surface area contributed by atoms with Gasteiger partial charge in [-0.3, -0.25) is 4.68 Å². The lowest BCUT2D eigenvalue weighted by molar-refractivity contribution is 0.0697. The molecule has 3 rings (SSSR count). The van der Waals surface area contributed by atoms with Crippen molar-refractivity contribution < 1.29 is 15.0 Å². The van der Waals surface area contributed by atoms with Crippen molar-refractivity contribution in [3.63, 3.8) is 0 Å². The van der Waals surface area contributed by atoms with Gasteiger partial charge in [-0.05, 0) is 18.2 Å². The lowest BCUT2D eigenvalue weighted by Crippen LogP contribution is -2.00. The van der Waals surface area contributed by atoms with Crippen LogP contribution in [-0.4, -0.2) is 30.9 Å². The maximum absolute atomic E-state index is 11.2. The van der Waals surface area contributed by atoms with E-state index >= 15 is 0 Å². The number of H-pyrrole nitrogens is 1. The summed E-state index contributed by atoms with van der Waals surface area (Å²) >= 11 is 0. The van der Waals surface area contributed by atoms with E-state index < -0.39 is 5.97 Å². The van der Waals surface area contributed by atoms with Gasteiger partial charge in [0, 0.05) is 24.0 Å². The van der Waals surface area contributed by atoms with Crippen molar-refractivity contribution in [2.75, 3.05) is 0 Å². The van der Waals surface area contributed by atoms with Crippen molar-refractivity contribution in [3.8, 4) is 17.1 Å². The zero-order chi connectivity index (χ0) is 13.6. The van der Waals surface area contributed by atoms with Gasteiger partial charge in [-0.25, -0.2) is 4.79 Å². The highest BCUT2D eigenvalue weighted by atomic mass is 16.4. The molecule has 0 amide bonds. The summed E-state index contributed by atoms with van der Waals surface area (Å²) in [6, 6.07) is 6.77. The van der Waals surface area contributed by atoms with Crippen LogP contribution in [0.4, 0.5) is 0 Å². The first-order valence-corrected chi connectivity index (χ1v) is 5.63. The van der Waals surface area contributed by atoms with Gasteiger partial charge in [-0.15, -0.1) is 0 Å². The maximum Gasteiger partial charge on any atom is 0.339 e. The minimum atomic E-state index is -1.02. The molecule has 1 aromatic carbocycles. The zero-order valence-electron chi connectivity index (χ0n) is 10.1. The Morgan fingerprint density at radius 2 is 2.16 bits per heavy atom. The third-order valence-corrected chi connectivity index (χ3v) is 3.03. The molecule has 6 heteroatoms. The van der Waals surface area contributed by atoms with E-state index in [1.807, 2.05) is 6.07 Å². The summed E-state index contributed by atoms with van der Waals surface area (Å²) < 4.78 is 1.51. The van der Waals surface area contributed by atoms with E-state index in [4.69, 9.17) is 5.11 Å². The van der Waals surface area contributed by atoms with E-state index in [9.17, 15) is 9.90 Å². The van der Waals surface area contributed by atoms with Gasteiger partial charge in [0.1, 0.15) is 11.3 Å². The van der Waals surface area contributed by atoms with Gasteiger partial charge in [0.25, 0.3) is 0 Å². The number of aromatic carboxylic acids is 1. The number of aromatic amines is 1. The average molecular weight is 257 g/mol. The van der Waals surface area contributed by atoms with Crippen LogP contribution < -0.4 is 0 Å². The van der Waals surface area contributed by atoms with Crippen LogP contribution in [0.25, 0.3) is 22.3 Å². The van der Waals surface area contributed by atoms with Gasteiger partial charge >= 0.3 is 5.97 Å². The normalized spacial score (nSPS) is 11.0.